The van der Waals surface area contributed by atoms with Gasteiger partial charge in [0.2, 0.25) is 5.91 Å². The highest BCUT2D eigenvalue weighted by molar-refractivity contribution is 5.81. The fourth-order valence-corrected chi connectivity index (χ4v) is 3.37. The van der Waals surface area contributed by atoms with Crippen molar-refractivity contribution >= 4 is 11.6 Å². The van der Waals surface area contributed by atoms with Crippen molar-refractivity contribution < 1.29 is 9.72 Å². The number of nitrogens with two attached hydrogens (primary N) is 1. The van der Waals surface area contributed by atoms with Crippen molar-refractivity contribution in [3.63, 3.8) is 0 Å². The molecule has 2 N–H and O–H groups in total. The minimum Gasteiger partial charge on any atom is -0.368 e. The Hall–Kier alpha value is -3.65. The number of nitro groups is 1. The largest absolute Gasteiger partial charge is 0.368 e. The molecular weight excluding hydrogens is 382 g/mol. The molecule has 0 fully saturated rings. The maximum absolute atomic E-state index is 12.4. The summed E-state index contributed by atoms with van der Waals surface area (Å²) in [6, 6.07) is 13.0. The van der Waals surface area contributed by atoms with Crippen LogP contribution < -0.4 is 5.73 Å². The molecule has 3 aromatic rings. The first-order chi connectivity index (χ1) is 14.5. The SMILES string of the molecule is NC(=O)C(c1cccc([N+](=O)[O-])c1)N(CCc1cccnc1)CCc1cccnc1. The fraction of sp³-hybridized carbons (Fsp3) is 0.227. The van der Waals surface area contributed by atoms with Crippen LogP contribution in [0.3, 0.4) is 0 Å². The number of amides is 1. The zero-order valence-corrected chi connectivity index (χ0v) is 16.4. The summed E-state index contributed by atoms with van der Waals surface area (Å²) in [7, 11) is 0. The van der Waals surface area contributed by atoms with Crippen molar-refractivity contribution in [2.45, 2.75) is 18.9 Å². The molecule has 8 heteroatoms. The number of hydrogen-bond acceptors (Lipinski definition) is 6. The van der Waals surface area contributed by atoms with E-state index in [0.29, 0.717) is 31.5 Å². The van der Waals surface area contributed by atoms with E-state index in [0.717, 1.165) is 11.1 Å². The van der Waals surface area contributed by atoms with Crippen molar-refractivity contribution in [3.8, 4) is 0 Å². The highest BCUT2D eigenvalue weighted by atomic mass is 16.6. The molecular formula is C22H23N5O3. The average Bonchev–Trinajstić information content (AvgIpc) is 2.77. The van der Waals surface area contributed by atoms with Gasteiger partial charge in [0.05, 0.1) is 4.92 Å². The number of rotatable bonds is 10. The number of carbonyl (C=O) groups is 1. The first-order valence-electron chi connectivity index (χ1n) is 9.60. The van der Waals surface area contributed by atoms with Crippen molar-refractivity contribution in [2.24, 2.45) is 5.73 Å². The van der Waals surface area contributed by atoms with Crippen LogP contribution in [0.25, 0.3) is 0 Å². The second-order valence-electron chi connectivity index (χ2n) is 6.92. The first kappa shape index (κ1) is 21.1. The van der Waals surface area contributed by atoms with Gasteiger partial charge in [-0.2, -0.15) is 0 Å². The molecule has 0 aliphatic heterocycles. The van der Waals surface area contributed by atoms with Crippen LogP contribution in [0.2, 0.25) is 0 Å². The smallest absolute Gasteiger partial charge is 0.269 e. The highest BCUT2D eigenvalue weighted by Crippen LogP contribution is 2.25. The molecule has 1 amide bonds. The summed E-state index contributed by atoms with van der Waals surface area (Å²) in [5.74, 6) is -0.548. The summed E-state index contributed by atoms with van der Waals surface area (Å²) in [4.78, 5) is 33.4. The summed E-state index contributed by atoms with van der Waals surface area (Å²) in [5.41, 5.74) is 8.26. The number of nitrogens with zero attached hydrogens (tertiary/aromatic N) is 4. The van der Waals surface area contributed by atoms with Gasteiger partial charge in [0.15, 0.2) is 0 Å². The maximum atomic E-state index is 12.4. The molecule has 0 bridgehead atoms. The summed E-state index contributed by atoms with van der Waals surface area (Å²) in [5, 5.41) is 11.2. The van der Waals surface area contributed by atoms with E-state index in [4.69, 9.17) is 5.73 Å². The normalized spacial score (nSPS) is 11.9. The molecule has 30 heavy (non-hydrogen) atoms. The van der Waals surface area contributed by atoms with Crippen molar-refractivity contribution in [3.05, 3.63) is 100 Å². The summed E-state index contributed by atoms with van der Waals surface area (Å²) < 4.78 is 0. The Kier molecular flexibility index (Phi) is 7.18. The monoisotopic (exact) mass is 405 g/mol. The van der Waals surface area contributed by atoms with E-state index >= 15 is 0 Å². The fourth-order valence-electron chi connectivity index (χ4n) is 3.37. The number of aromatic nitrogens is 2. The average molecular weight is 405 g/mol. The summed E-state index contributed by atoms with van der Waals surface area (Å²) >= 11 is 0. The Morgan fingerprint density at radius 2 is 1.60 bits per heavy atom. The van der Waals surface area contributed by atoms with E-state index in [1.54, 1.807) is 36.9 Å². The predicted molar refractivity (Wildman–Crippen MR) is 112 cm³/mol. The third-order valence-corrected chi connectivity index (χ3v) is 4.85. The van der Waals surface area contributed by atoms with Crippen LogP contribution in [0.4, 0.5) is 5.69 Å². The molecule has 0 spiro atoms. The summed E-state index contributed by atoms with van der Waals surface area (Å²) in [6.45, 7) is 1.09. The molecule has 0 saturated carbocycles. The van der Waals surface area contributed by atoms with Gasteiger partial charge in [0.25, 0.3) is 5.69 Å². The zero-order valence-electron chi connectivity index (χ0n) is 16.4. The van der Waals surface area contributed by atoms with E-state index in [2.05, 4.69) is 9.97 Å². The molecule has 0 aliphatic rings. The molecule has 8 nitrogen and oxygen atoms in total. The number of non-ortho nitro benzene ring substituents is 1. The lowest BCUT2D eigenvalue weighted by Crippen LogP contribution is -2.40. The van der Waals surface area contributed by atoms with Crippen LogP contribution in [0.15, 0.2) is 73.3 Å². The molecule has 2 aromatic heterocycles. The van der Waals surface area contributed by atoms with Gasteiger partial charge in [0.1, 0.15) is 6.04 Å². The van der Waals surface area contributed by atoms with Gasteiger partial charge in [-0.15, -0.1) is 0 Å². The van der Waals surface area contributed by atoms with Crippen molar-refractivity contribution in [2.75, 3.05) is 13.1 Å². The van der Waals surface area contributed by atoms with Crippen LogP contribution in [0.1, 0.15) is 22.7 Å². The lowest BCUT2D eigenvalue weighted by Gasteiger charge is -2.30. The van der Waals surface area contributed by atoms with E-state index in [-0.39, 0.29) is 5.69 Å². The minimum atomic E-state index is -0.779. The molecule has 1 aromatic carbocycles. The molecule has 1 atom stereocenters. The van der Waals surface area contributed by atoms with Crippen LogP contribution in [-0.4, -0.2) is 38.8 Å². The Bertz CT molecular complexity index is 939. The van der Waals surface area contributed by atoms with Crippen LogP contribution >= 0.6 is 0 Å². The Morgan fingerprint density at radius 1 is 1.00 bits per heavy atom. The van der Waals surface area contributed by atoms with Gasteiger partial charge < -0.3 is 5.73 Å². The third kappa shape index (κ3) is 5.68. The standard InChI is InChI=1S/C22H23N5O3/c23-22(28)21(19-6-1-7-20(14-19)27(29)30)26(12-8-17-4-2-10-24-15-17)13-9-18-5-3-11-25-16-18/h1-7,10-11,14-16,21H,8-9,12-13H2,(H2,23,28). The topological polar surface area (TPSA) is 115 Å². The zero-order chi connectivity index (χ0) is 21.3. The highest BCUT2D eigenvalue weighted by Gasteiger charge is 2.27. The second-order valence-corrected chi connectivity index (χ2v) is 6.92. The lowest BCUT2D eigenvalue weighted by molar-refractivity contribution is -0.384. The Labute approximate surface area is 174 Å². The number of carbonyl (C=O) groups excluding carboxylic acids is 1. The molecule has 0 radical (unpaired) electrons. The van der Waals surface area contributed by atoms with E-state index in [9.17, 15) is 14.9 Å². The second kappa shape index (κ2) is 10.2. The molecule has 154 valence electrons. The number of pyridine rings is 2. The molecule has 1 unspecified atom stereocenters. The lowest BCUT2D eigenvalue weighted by atomic mass is 10.0. The molecule has 2 heterocycles. The Morgan fingerprint density at radius 3 is 2.07 bits per heavy atom. The predicted octanol–water partition coefficient (Wildman–Crippen LogP) is 2.70. The maximum Gasteiger partial charge on any atom is 0.269 e. The van der Waals surface area contributed by atoms with Crippen molar-refractivity contribution in [1.29, 1.82) is 0 Å². The Balaban J connectivity index is 1.86. The summed E-state index contributed by atoms with van der Waals surface area (Å²) in [6.07, 6.45) is 8.31. The number of nitro benzene ring substituents is 1. The van der Waals surface area contributed by atoms with Crippen LogP contribution in [0.5, 0.6) is 0 Å². The van der Waals surface area contributed by atoms with Gasteiger partial charge in [0, 0.05) is 50.0 Å². The van der Waals surface area contributed by atoms with Crippen LogP contribution in [-0.2, 0) is 17.6 Å². The van der Waals surface area contributed by atoms with Gasteiger partial charge in [-0.1, -0.05) is 24.3 Å². The van der Waals surface area contributed by atoms with Gasteiger partial charge in [-0.05, 0) is 41.7 Å². The third-order valence-electron chi connectivity index (χ3n) is 4.85. The van der Waals surface area contributed by atoms with Gasteiger partial charge in [-0.3, -0.25) is 29.8 Å². The number of hydrogen-bond donors (Lipinski definition) is 1. The van der Waals surface area contributed by atoms with Gasteiger partial charge >= 0.3 is 0 Å². The van der Waals surface area contributed by atoms with Crippen LogP contribution in [0, 0.1) is 10.1 Å². The minimum absolute atomic E-state index is 0.0711. The quantitative estimate of drug-likeness (QED) is 0.410. The number of primary amides is 1. The first-order valence-corrected chi connectivity index (χ1v) is 9.60. The van der Waals surface area contributed by atoms with E-state index in [1.807, 2.05) is 29.2 Å². The van der Waals surface area contributed by atoms with Gasteiger partial charge in [-0.25, -0.2) is 0 Å². The van der Waals surface area contributed by atoms with Crippen molar-refractivity contribution in [1.82, 2.24) is 14.9 Å². The molecule has 0 aliphatic carbocycles. The molecule has 3 rings (SSSR count). The van der Waals surface area contributed by atoms with E-state index in [1.165, 1.54) is 12.1 Å². The number of benzene rings is 1. The van der Waals surface area contributed by atoms with E-state index < -0.39 is 16.9 Å². The molecule has 0 saturated heterocycles.